The van der Waals surface area contributed by atoms with Crippen molar-refractivity contribution in [1.82, 2.24) is 9.36 Å². The molecule has 2 aromatic rings. The summed E-state index contributed by atoms with van der Waals surface area (Å²) in [5.41, 5.74) is 0.676. The maximum Gasteiger partial charge on any atom is 0.0859 e. The smallest absolute Gasteiger partial charge is 0.0859 e. The summed E-state index contributed by atoms with van der Waals surface area (Å²) in [5, 5.41) is 1.76. The van der Waals surface area contributed by atoms with E-state index in [1.54, 1.807) is 11.6 Å². The summed E-state index contributed by atoms with van der Waals surface area (Å²) in [6.07, 6.45) is 3.10. The molecule has 60 valence electrons. The standard InChI is InChI=1S/C6H3N2OS.Pt/c1-4-10-8-5(1)6-7-2-3-9-6;/h2-4H;/q-1;. The number of oxazole rings is 1. The molecule has 0 aliphatic carbocycles. The Labute approximate surface area is 81.9 Å². The molecule has 2 aromatic heterocycles. The van der Waals surface area contributed by atoms with Crippen molar-refractivity contribution in [3.8, 4) is 11.6 Å². The van der Waals surface area contributed by atoms with E-state index < -0.39 is 0 Å². The second-order valence-corrected chi connectivity index (χ2v) is 2.27. The van der Waals surface area contributed by atoms with E-state index in [1.807, 2.05) is 0 Å². The largest absolute Gasteiger partial charge is 0.530 e. The van der Waals surface area contributed by atoms with Gasteiger partial charge in [-0.2, -0.15) is 0 Å². The summed E-state index contributed by atoms with van der Waals surface area (Å²) in [5.74, 6) is 0.529. The molecular weight excluding hydrogens is 343 g/mol. The van der Waals surface area contributed by atoms with Gasteiger partial charge in [0.15, 0.2) is 0 Å². The monoisotopic (exact) mass is 346 g/mol. The zero-order valence-electron chi connectivity index (χ0n) is 5.26. The van der Waals surface area contributed by atoms with Gasteiger partial charge in [0.05, 0.1) is 12.2 Å². The van der Waals surface area contributed by atoms with Crippen LogP contribution in [0.15, 0.2) is 22.3 Å². The second-order valence-electron chi connectivity index (χ2n) is 1.64. The van der Waals surface area contributed by atoms with Crippen molar-refractivity contribution in [1.29, 1.82) is 0 Å². The average molecular weight is 346 g/mol. The number of rotatable bonds is 1. The Morgan fingerprint density at radius 1 is 1.55 bits per heavy atom. The molecule has 0 bridgehead atoms. The maximum atomic E-state index is 4.98. The van der Waals surface area contributed by atoms with Crippen LogP contribution in [0.25, 0.3) is 11.6 Å². The Morgan fingerprint density at radius 2 is 2.45 bits per heavy atom. The molecule has 2 heterocycles. The molecule has 11 heavy (non-hydrogen) atoms. The second kappa shape index (κ2) is 3.79. The number of aromatic nitrogens is 2. The summed E-state index contributed by atoms with van der Waals surface area (Å²) < 4.78 is 8.97. The quantitative estimate of drug-likeness (QED) is 0.737. The van der Waals surface area contributed by atoms with E-state index in [0.717, 1.165) is 0 Å². The van der Waals surface area contributed by atoms with E-state index in [9.17, 15) is 0 Å². The van der Waals surface area contributed by atoms with Crippen LogP contribution in [0.4, 0.5) is 0 Å². The first-order valence-electron chi connectivity index (χ1n) is 2.69. The molecule has 0 radical (unpaired) electrons. The van der Waals surface area contributed by atoms with E-state index >= 15 is 0 Å². The van der Waals surface area contributed by atoms with E-state index in [-0.39, 0.29) is 21.1 Å². The minimum Gasteiger partial charge on any atom is -0.530 e. The van der Waals surface area contributed by atoms with Crippen molar-refractivity contribution in [2.75, 3.05) is 0 Å². The number of hydrogen-bond acceptors (Lipinski definition) is 4. The Hall–Kier alpha value is -0.472. The first kappa shape index (κ1) is 8.62. The van der Waals surface area contributed by atoms with Crippen LogP contribution in [0.3, 0.4) is 0 Å². The Morgan fingerprint density at radius 3 is 3.00 bits per heavy atom. The molecule has 0 atom stereocenters. The van der Waals surface area contributed by atoms with Gasteiger partial charge in [-0.1, -0.05) is 16.9 Å². The zero-order valence-corrected chi connectivity index (χ0v) is 8.35. The van der Waals surface area contributed by atoms with Gasteiger partial charge in [-0.25, -0.2) is 10.4 Å². The molecule has 0 aromatic carbocycles. The third kappa shape index (κ3) is 1.76. The van der Waals surface area contributed by atoms with Crippen molar-refractivity contribution in [2.24, 2.45) is 0 Å². The van der Waals surface area contributed by atoms with Gasteiger partial charge in [0.2, 0.25) is 0 Å². The zero-order chi connectivity index (χ0) is 6.81. The fourth-order valence-corrected chi connectivity index (χ4v) is 1.08. The third-order valence-electron chi connectivity index (χ3n) is 1.03. The van der Waals surface area contributed by atoms with Gasteiger partial charge in [-0.3, -0.25) is 0 Å². The van der Waals surface area contributed by atoms with E-state index in [2.05, 4.69) is 15.4 Å². The van der Waals surface area contributed by atoms with Crippen molar-refractivity contribution < 1.29 is 25.5 Å². The van der Waals surface area contributed by atoms with Gasteiger partial charge in [-0.05, 0) is 5.69 Å². The fourth-order valence-electron chi connectivity index (χ4n) is 0.629. The SMILES string of the molecule is [Pt].[c-]1csnc1-c1ncco1. The van der Waals surface area contributed by atoms with E-state index in [0.29, 0.717) is 11.6 Å². The molecule has 0 saturated carbocycles. The van der Waals surface area contributed by atoms with Gasteiger partial charge in [0.25, 0.3) is 0 Å². The summed E-state index contributed by atoms with van der Waals surface area (Å²) in [6.45, 7) is 0. The molecule has 0 unspecified atom stereocenters. The maximum absolute atomic E-state index is 4.98. The summed E-state index contributed by atoms with van der Waals surface area (Å²) in [6, 6.07) is 2.89. The topological polar surface area (TPSA) is 38.9 Å². The van der Waals surface area contributed by atoms with E-state index in [4.69, 9.17) is 4.42 Å². The molecule has 2 rings (SSSR count). The molecule has 5 heteroatoms. The third-order valence-corrected chi connectivity index (χ3v) is 1.54. The number of hydrogen-bond donors (Lipinski definition) is 0. The summed E-state index contributed by atoms with van der Waals surface area (Å²) >= 11 is 1.33. The summed E-state index contributed by atoms with van der Waals surface area (Å²) in [4.78, 5) is 3.90. The van der Waals surface area contributed by atoms with Gasteiger partial charge in [0.1, 0.15) is 0 Å². The Bertz CT molecular complexity index is 260. The van der Waals surface area contributed by atoms with Crippen LogP contribution in [0, 0.1) is 6.07 Å². The first-order chi connectivity index (χ1) is 4.97. The van der Waals surface area contributed by atoms with Gasteiger partial charge in [-0.15, -0.1) is 0 Å². The van der Waals surface area contributed by atoms with E-state index in [1.165, 1.54) is 17.8 Å². The first-order valence-corrected chi connectivity index (χ1v) is 3.52. The fraction of sp³-hybridized carbons (Fsp3) is 0. The van der Waals surface area contributed by atoms with Crippen LogP contribution < -0.4 is 0 Å². The molecule has 0 spiro atoms. The predicted molar refractivity (Wildman–Crippen MR) is 36.4 cm³/mol. The van der Waals surface area contributed by atoms with Crippen molar-refractivity contribution in [3.63, 3.8) is 0 Å². The van der Waals surface area contributed by atoms with Crippen molar-refractivity contribution in [3.05, 3.63) is 23.9 Å². The predicted octanol–water partition coefficient (Wildman–Crippen LogP) is 1.60. The number of nitrogens with zero attached hydrogens (tertiary/aromatic N) is 2. The van der Waals surface area contributed by atoms with Crippen LogP contribution in [-0.4, -0.2) is 9.36 Å². The molecule has 0 aliphatic heterocycles. The van der Waals surface area contributed by atoms with Gasteiger partial charge < -0.3 is 9.40 Å². The van der Waals surface area contributed by atoms with Crippen LogP contribution in [0.5, 0.6) is 0 Å². The van der Waals surface area contributed by atoms with Crippen molar-refractivity contribution >= 4 is 11.5 Å². The molecule has 0 N–H and O–H groups in total. The summed E-state index contributed by atoms with van der Waals surface area (Å²) in [7, 11) is 0. The van der Waals surface area contributed by atoms with Crippen LogP contribution in [0.1, 0.15) is 0 Å². The molecule has 3 nitrogen and oxygen atoms in total. The average Bonchev–Trinajstić information content (AvgIpc) is 2.59. The van der Waals surface area contributed by atoms with Crippen LogP contribution >= 0.6 is 11.5 Å². The molecule has 0 aliphatic rings. The molecule has 0 saturated heterocycles. The van der Waals surface area contributed by atoms with Crippen molar-refractivity contribution in [2.45, 2.75) is 0 Å². The molecule has 0 fully saturated rings. The van der Waals surface area contributed by atoms with Crippen LogP contribution in [-0.2, 0) is 21.1 Å². The molecular formula is C6H3N2OPtS-. The molecule has 0 amide bonds. The Kier molecular flexibility index (Phi) is 2.97. The van der Waals surface area contributed by atoms with Crippen LogP contribution in [0.2, 0.25) is 0 Å². The minimum atomic E-state index is 0. The minimum absolute atomic E-state index is 0. The Balaban J connectivity index is 0.000000605. The van der Waals surface area contributed by atoms with Gasteiger partial charge in [0, 0.05) is 27.3 Å². The van der Waals surface area contributed by atoms with Gasteiger partial charge >= 0.3 is 0 Å². The normalized spacial score (nSPS) is 9.09.